The number of hydrogen-bond acceptors (Lipinski definition) is 4. The fraction of sp³-hybridized carbons (Fsp3) is 0.222. The van der Waals surface area contributed by atoms with Crippen molar-refractivity contribution in [3.05, 3.63) is 44.4 Å². The second kappa shape index (κ2) is 5.35. The Hall–Kier alpha value is -1.56. The van der Waals surface area contributed by atoms with Gasteiger partial charge >= 0.3 is 11.2 Å². The van der Waals surface area contributed by atoms with Gasteiger partial charge in [-0.15, -0.1) is 0 Å². The van der Waals surface area contributed by atoms with Crippen molar-refractivity contribution in [2.45, 2.75) is 6.42 Å². The molecule has 15 heavy (non-hydrogen) atoms. The molecule has 0 fully saturated rings. The molecule has 0 bridgehead atoms. The summed E-state index contributed by atoms with van der Waals surface area (Å²) in [6, 6.07) is 1.24. The van der Waals surface area contributed by atoms with Gasteiger partial charge in [-0.25, -0.2) is 0 Å². The standard InChI is InChI=1S/C9H10N2O3S/c12-9-8(11(13)14)5-7(6-10-9)3-1-2-4-15/h1,3,5-6,15H,2,4H2,(H,10,12). The Kier molecular flexibility index (Phi) is 4.11. The number of rotatable bonds is 4. The third-order valence-corrected chi connectivity index (χ3v) is 1.97. The molecule has 0 saturated carbocycles. The average molecular weight is 226 g/mol. The SMILES string of the molecule is O=c1[nH]cc(C=CCCS)cc1[N+](=O)[O-]. The van der Waals surface area contributed by atoms with E-state index in [4.69, 9.17) is 0 Å². The van der Waals surface area contributed by atoms with Gasteiger partial charge in [-0.3, -0.25) is 14.9 Å². The molecule has 0 amide bonds. The number of hydrogen-bond donors (Lipinski definition) is 2. The lowest BCUT2D eigenvalue weighted by molar-refractivity contribution is -0.386. The van der Waals surface area contributed by atoms with Crippen molar-refractivity contribution < 1.29 is 4.92 Å². The van der Waals surface area contributed by atoms with Crippen molar-refractivity contribution in [2.24, 2.45) is 0 Å². The van der Waals surface area contributed by atoms with Crippen molar-refractivity contribution in [3.63, 3.8) is 0 Å². The highest BCUT2D eigenvalue weighted by molar-refractivity contribution is 7.80. The lowest BCUT2D eigenvalue weighted by Crippen LogP contribution is -2.10. The summed E-state index contributed by atoms with van der Waals surface area (Å²) < 4.78 is 0. The van der Waals surface area contributed by atoms with E-state index >= 15 is 0 Å². The minimum absolute atomic E-state index is 0.442. The number of nitrogens with zero attached hydrogens (tertiary/aromatic N) is 1. The molecule has 1 rings (SSSR count). The normalized spacial score (nSPS) is 10.7. The number of pyridine rings is 1. The smallest absolute Gasteiger partial charge is 0.323 e. The third-order valence-electron chi connectivity index (χ3n) is 1.71. The number of aromatic nitrogens is 1. The van der Waals surface area contributed by atoms with E-state index in [0.29, 0.717) is 11.3 Å². The van der Waals surface area contributed by atoms with Crippen LogP contribution in [0.15, 0.2) is 23.1 Å². The molecular weight excluding hydrogens is 216 g/mol. The quantitative estimate of drug-likeness (QED) is 0.465. The van der Waals surface area contributed by atoms with Gasteiger partial charge < -0.3 is 4.98 Å². The first-order chi connectivity index (χ1) is 7.15. The van der Waals surface area contributed by atoms with Crippen LogP contribution in [0.1, 0.15) is 12.0 Å². The van der Waals surface area contributed by atoms with Crippen LogP contribution in [0, 0.1) is 10.1 Å². The predicted molar refractivity (Wildman–Crippen MR) is 61.2 cm³/mol. The van der Waals surface area contributed by atoms with Crippen LogP contribution in [-0.2, 0) is 0 Å². The number of aromatic amines is 1. The van der Waals surface area contributed by atoms with Crippen LogP contribution in [0.5, 0.6) is 0 Å². The van der Waals surface area contributed by atoms with E-state index < -0.39 is 16.2 Å². The fourth-order valence-corrected chi connectivity index (χ4v) is 1.16. The third kappa shape index (κ3) is 3.25. The molecular formula is C9H10N2O3S. The number of allylic oxidation sites excluding steroid dienone is 1. The first kappa shape index (κ1) is 11.5. The maximum atomic E-state index is 11.0. The van der Waals surface area contributed by atoms with Crippen LogP contribution in [0.4, 0.5) is 5.69 Å². The van der Waals surface area contributed by atoms with Crippen molar-refractivity contribution in [1.82, 2.24) is 4.98 Å². The summed E-state index contributed by atoms with van der Waals surface area (Å²) in [5.74, 6) is 0.710. The molecule has 80 valence electrons. The molecule has 0 unspecified atom stereocenters. The van der Waals surface area contributed by atoms with Gasteiger partial charge in [0.25, 0.3) is 0 Å². The van der Waals surface area contributed by atoms with Gasteiger partial charge in [0.1, 0.15) is 0 Å². The number of H-pyrrole nitrogens is 1. The molecule has 0 saturated heterocycles. The van der Waals surface area contributed by atoms with E-state index in [0.717, 1.165) is 6.42 Å². The van der Waals surface area contributed by atoms with Crippen LogP contribution in [0.2, 0.25) is 0 Å². The molecule has 1 heterocycles. The van der Waals surface area contributed by atoms with Crippen LogP contribution in [0.25, 0.3) is 6.08 Å². The Morgan fingerprint density at radius 3 is 2.93 bits per heavy atom. The largest absolute Gasteiger partial charge is 0.334 e. The summed E-state index contributed by atoms with van der Waals surface area (Å²) >= 11 is 4.02. The summed E-state index contributed by atoms with van der Waals surface area (Å²) in [6.07, 6.45) is 5.75. The Morgan fingerprint density at radius 2 is 2.33 bits per heavy atom. The molecule has 0 aliphatic heterocycles. The van der Waals surface area contributed by atoms with Crippen LogP contribution in [0.3, 0.4) is 0 Å². The minimum atomic E-state index is -0.700. The van der Waals surface area contributed by atoms with Crippen molar-refractivity contribution in [2.75, 3.05) is 5.75 Å². The van der Waals surface area contributed by atoms with Gasteiger partial charge in [0.2, 0.25) is 0 Å². The van der Waals surface area contributed by atoms with E-state index in [-0.39, 0.29) is 0 Å². The zero-order chi connectivity index (χ0) is 11.3. The first-order valence-corrected chi connectivity index (χ1v) is 4.93. The monoisotopic (exact) mass is 226 g/mol. The van der Waals surface area contributed by atoms with Crippen LogP contribution >= 0.6 is 12.6 Å². The summed E-state index contributed by atoms with van der Waals surface area (Å²) in [6.45, 7) is 0. The van der Waals surface area contributed by atoms with Gasteiger partial charge in [-0.05, 0) is 17.7 Å². The summed E-state index contributed by atoms with van der Waals surface area (Å²) in [5, 5.41) is 10.5. The lowest BCUT2D eigenvalue weighted by atomic mass is 10.2. The van der Waals surface area contributed by atoms with Gasteiger partial charge in [0.05, 0.1) is 4.92 Å². The highest BCUT2D eigenvalue weighted by Gasteiger charge is 2.11. The molecule has 0 spiro atoms. The highest BCUT2D eigenvalue weighted by atomic mass is 32.1. The van der Waals surface area contributed by atoms with Crippen molar-refractivity contribution in [1.29, 1.82) is 0 Å². The number of nitrogens with one attached hydrogen (secondary N) is 1. The summed E-state index contributed by atoms with van der Waals surface area (Å²) in [7, 11) is 0. The molecule has 1 N–H and O–H groups in total. The highest BCUT2D eigenvalue weighted by Crippen LogP contribution is 2.08. The number of nitro groups is 1. The van der Waals surface area contributed by atoms with Crippen molar-refractivity contribution in [3.8, 4) is 0 Å². The van der Waals surface area contributed by atoms with Crippen molar-refractivity contribution >= 4 is 24.4 Å². The number of thiol groups is 1. The minimum Gasteiger partial charge on any atom is -0.323 e. The van der Waals surface area contributed by atoms with E-state index in [9.17, 15) is 14.9 Å². The molecule has 0 aliphatic rings. The van der Waals surface area contributed by atoms with E-state index in [1.807, 2.05) is 6.08 Å². The second-order valence-corrected chi connectivity index (χ2v) is 3.27. The molecule has 5 nitrogen and oxygen atoms in total. The summed E-state index contributed by atoms with van der Waals surface area (Å²) in [4.78, 5) is 23.1. The zero-order valence-electron chi connectivity index (χ0n) is 7.84. The molecule has 0 aromatic carbocycles. The molecule has 0 aliphatic carbocycles. The molecule has 6 heteroatoms. The van der Waals surface area contributed by atoms with E-state index in [2.05, 4.69) is 17.6 Å². The average Bonchev–Trinajstić information content (AvgIpc) is 2.20. The Labute approximate surface area is 91.4 Å². The zero-order valence-corrected chi connectivity index (χ0v) is 8.74. The Balaban J connectivity index is 2.98. The molecule has 0 atom stereocenters. The Morgan fingerprint density at radius 1 is 1.60 bits per heavy atom. The van der Waals surface area contributed by atoms with E-state index in [1.165, 1.54) is 12.3 Å². The second-order valence-electron chi connectivity index (χ2n) is 2.82. The molecule has 0 radical (unpaired) electrons. The molecule has 1 aromatic rings. The summed E-state index contributed by atoms with van der Waals surface area (Å²) in [5.41, 5.74) is -0.530. The first-order valence-electron chi connectivity index (χ1n) is 4.29. The van der Waals surface area contributed by atoms with E-state index in [1.54, 1.807) is 6.08 Å². The van der Waals surface area contributed by atoms with Gasteiger partial charge in [-0.2, -0.15) is 12.6 Å². The fourth-order valence-electron chi connectivity index (χ4n) is 1.01. The van der Waals surface area contributed by atoms with Crippen LogP contribution < -0.4 is 5.56 Å². The maximum Gasteiger partial charge on any atom is 0.334 e. The molecule has 1 aromatic heterocycles. The predicted octanol–water partition coefficient (Wildman–Crippen LogP) is 1.62. The van der Waals surface area contributed by atoms with Gasteiger partial charge in [-0.1, -0.05) is 12.2 Å². The lowest BCUT2D eigenvalue weighted by Gasteiger charge is -1.93. The maximum absolute atomic E-state index is 11.0. The van der Waals surface area contributed by atoms with Crippen LogP contribution in [-0.4, -0.2) is 15.7 Å². The Bertz CT molecular complexity index is 439. The topological polar surface area (TPSA) is 76.0 Å². The van der Waals surface area contributed by atoms with Gasteiger partial charge in [0, 0.05) is 12.3 Å². The van der Waals surface area contributed by atoms with Gasteiger partial charge in [0.15, 0.2) is 0 Å².